The number of nitrogens with one attached hydrogen (secondary N) is 1. The number of benzene rings is 2. The summed E-state index contributed by atoms with van der Waals surface area (Å²) in [6, 6.07) is 13.3. The zero-order chi connectivity index (χ0) is 26.6. The third kappa shape index (κ3) is 8.76. The van der Waals surface area contributed by atoms with Crippen LogP contribution < -0.4 is 19.5 Å². The summed E-state index contributed by atoms with van der Waals surface area (Å²) in [4.78, 5) is 15.8. The van der Waals surface area contributed by atoms with Gasteiger partial charge in [-0.15, -0.1) is 12.4 Å². The minimum absolute atomic E-state index is 0. The Morgan fingerprint density at radius 3 is 2.58 bits per heavy atom. The average Bonchev–Trinajstić information content (AvgIpc) is 2.92. The molecule has 2 aromatic carbocycles. The molecule has 38 heavy (non-hydrogen) atoms. The molecule has 0 bridgehead atoms. The Morgan fingerprint density at radius 2 is 1.87 bits per heavy atom. The van der Waals surface area contributed by atoms with E-state index in [9.17, 15) is 4.79 Å². The zero-order valence-corrected chi connectivity index (χ0v) is 24.1. The maximum absolute atomic E-state index is 13.9. The Bertz CT molecular complexity index is 989. The van der Waals surface area contributed by atoms with Gasteiger partial charge in [0.05, 0.1) is 34.0 Å². The number of hydrogen-bond acceptors (Lipinski definition) is 7. The van der Waals surface area contributed by atoms with Crippen LogP contribution in [0, 0.1) is 5.92 Å². The minimum atomic E-state index is -0.0223. The van der Waals surface area contributed by atoms with E-state index in [1.807, 2.05) is 35.2 Å². The maximum atomic E-state index is 13.9. The number of nitrogens with zero attached hydrogens (tertiary/aromatic N) is 1. The average molecular weight is 551 g/mol. The summed E-state index contributed by atoms with van der Waals surface area (Å²) in [5.74, 6) is 2.19. The molecule has 1 amide bonds. The summed E-state index contributed by atoms with van der Waals surface area (Å²) in [7, 11) is 4.93. The normalized spacial score (nSPS) is 17.0. The predicted molar refractivity (Wildman–Crippen MR) is 151 cm³/mol. The summed E-state index contributed by atoms with van der Waals surface area (Å²) in [6.07, 6.45) is 1.69. The van der Waals surface area contributed by atoms with E-state index in [2.05, 4.69) is 19.2 Å². The van der Waals surface area contributed by atoms with Crippen LogP contribution in [0.25, 0.3) is 0 Å². The summed E-state index contributed by atoms with van der Waals surface area (Å²) >= 11 is 0. The van der Waals surface area contributed by atoms with Gasteiger partial charge in [0, 0.05) is 50.2 Å². The number of carbonyl (C=O) groups is 1. The minimum Gasteiger partial charge on any atom is -0.497 e. The lowest BCUT2D eigenvalue weighted by Crippen LogP contribution is -2.56. The molecule has 2 atom stereocenters. The van der Waals surface area contributed by atoms with Crippen LogP contribution in [-0.2, 0) is 16.1 Å². The molecule has 1 aliphatic rings. The Kier molecular flexibility index (Phi) is 13.7. The molecule has 0 aromatic heterocycles. The standard InChI is InChI=1S/C29H42N2O6.ClH/c1-21(2)31(29(32)23-10-11-27(35-5)28(17-23)37-15-7-14-33-3)26-18-30-13-12-24(26)20-36-19-22-8-6-9-25(16-22)34-4;/h6,8-11,16-17,21,24,26,30H,7,12-15,18-20H2,1-5H3;1H. The van der Waals surface area contributed by atoms with Gasteiger partial charge in [-0.1, -0.05) is 12.1 Å². The van der Waals surface area contributed by atoms with Crippen molar-refractivity contribution in [1.82, 2.24) is 10.2 Å². The van der Waals surface area contributed by atoms with Gasteiger partial charge < -0.3 is 33.9 Å². The van der Waals surface area contributed by atoms with Gasteiger partial charge in [-0.3, -0.25) is 4.79 Å². The van der Waals surface area contributed by atoms with Gasteiger partial charge in [-0.25, -0.2) is 0 Å². The van der Waals surface area contributed by atoms with Crippen molar-refractivity contribution in [3.8, 4) is 17.2 Å². The largest absolute Gasteiger partial charge is 0.497 e. The molecule has 0 spiro atoms. The Labute approximate surface area is 233 Å². The lowest BCUT2D eigenvalue weighted by molar-refractivity contribution is 0.0154. The Hall–Kier alpha value is -2.52. The number of ether oxygens (including phenoxy) is 5. The van der Waals surface area contributed by atoms with Crippen molar-refractivity contribution in [2.24, 2.45) is 5.92 Å². The highest BCUT2D eigenvalue weighted by atomic mass is 35.5. The molecule has 1 N–H and O–H groups in total. The van der Waals surface area contributed by atoms with E-state index in [0.717, 1.165) is 37.2 Å². The van der Waals surface area contributed by atoms with Crippen LogP contribution in [-0.4, -0.2) is 77.1 Å². The van der Waals surface area contributed by atoms with Crippen molar-refractivity contribution >= 4 is 18.3 Å². The second kappa shape index (κ2) is 16.4. The molecule has 8 nitrogen and oxygen atoms in total. The first-order valence-electron chi connectivity index (χ1n) is 13.0. The maximum Gasteiger partial charge on any atom is 0.254 e. The molecule has 0 radical (unpaired) electrons. The van der Waals surface area contributed by atoms with Crippen molar-refractivity contribution < 1.29 is 28.5 Å². The SMILES string of the molecule is COCCCOc1cc(C(=O)N(C(C)C)C2CNCCC2COCc2cccc(OC)c2)ccc1OC.Cl. The second-order valence-corrected chi connectivity index (χ2v) is 9.55. The zero-order valence-electron chi connectivity index (χ0n) is 23.2. The van der Waals surface area contributed by atoms with Gasteiger partial charge in [-0.2, -0.15) is 0 Å². The summed E-state index contributed by atoms with van der Waals surface area (Å²) < 4.78 is 28.0. The lowest BCUT2D eigenvalue weighted by atomic mass is 9.90. The molecule has 0 aliphatic carbocycles. The van der Waals surface area contributed by atoms with Crippen LogP contribution in [0.5, 0.6) is 17.2 Å². The highest BCUT2D eigenvalue weighted by molar-refractivity contribution is 5.95. The number of piperidine rings is 1. The van der Waals surface area contributed by atoms with E-state index in [0.29, 0.717) is 43.5 Å². The van der Waals surface area contributed by atoms with Crippen molar-refractivity contribution in [2.45, 2.75) is 45.4 Å². The van der Waals surface area contributed by atoms with E-state index in [-0.39, 0.29) is 36.3 Å². The molecule has 1 saturated heterocycles. The van der Waals surface area contributed by atoms with E-state index < -0.39 is 0 Å². The third-order valence-electron chi connectivity index (χ3n) is 6.63. The number of hydrogen-bond donors (Lipinski definition) is 1. The van der Waals surface area contributed by atoms with Crippen molar-refractivity contribution in [1.29, 1.82) is 0 Å². The fourth-order valence-corrected chi connectivity index (χ4v) is 4.73. The summed E-state index contributed by atoms with van der Waals surface area (Å²) in [5, 5.41) is 3.48. The van der Waals surface area contributed by atoms with Crippen LogP contribution >= 0.6 is 12.4 Å². The smallest absolute Gasteiger partial charge is 0.254 e. The van der Waals surface area contributed by atoms with Crippen LogP contribution in [0.1, 0.15) is 42.6 Å². The summed E-state index contributed by atoms with van der Waals surface area (Å²) in [6.45, 7) is 7.94. The van der Waals surface area contributed by atoms with Gasteiger partial charge in [0.15, 0.2) is 11.5 Å². The van der Waals surface area contributed by atoms with Gasteiger partial charge in [0.2, 0.25) is 0 Å². The molecular weight excluding hydrogens is 508 g/mol. The molecule has 0 saturated carbocycles. The molecule has 212 valence electrons. The molecular formula is C29H43ClN2O6. The molecule has 1 fully saturated rings. The molecule has 3 rings (SSSR count). The van der Waals surface area contributed by atoms with Crippen molar-refractivity contribution in [2.75, 3.05) is 54.2 Å². The molecule has 9 heteroatoms. The van der Waals surface area contributed by atoms with Gasteiger partial charge >= 0.3 is 0 Å². The van der Waals surface area contributed by atoms with E-state index >= 15 is 0 Å². The molecule has 1 heterocycles. The van der Waals surface area contributed by atoms with Crippen LogP contribution in [0.2, 0.25) is 0 Å². The fraction of sp³-hybridized carbons (Fsp3) is 0.552. The monoisotopic (exact) mass is 550 g/mol. The van der Waals surface area contributed by atoms with Crippen LogP contribution in [0.15, 0.2) is 42.5 Å². The second-order valence-electron chi connectivity index (χ2n) is 9.55. The van der Waals surface area contributed by atoms with Gasteiger partial charge in [-0.05, 0) is 62.7 Å². The van der Waals surface area contributed by atoms with Crippen LogP contribution in [0.4, 0.5) is 0 Å². The quantitative estimate of drug-likeness (QED) is 0.345. The number of amides is 1. The predicted octanol–water partition coefficient (Wildman–Crippen LogP) is 4.59. The molecule has 2 unspecified atom stereocenters. The van der Waals surface area contributed by atoms with Gasteiger partial charge in [0.1, 0.15) is 5.75 Å². The van der Waals surface area contributed by atoms with E-state index in [1.54, 1.807) is 33.5 Å². The van der Waals surface area contributed by atoms with E-state index in [4.69, 9.17) is 23.7 Å². The lowest BCUT2D eigenvalue weighted by Gasteiger charge is -2.42. The highest BCUT2D eigenvalue weighted by Gasteiger charge is 2.35. The first-order valence-corrected chi connectivity index (χ1v) is 13.0. The summed E-state index contributed by atoms with van der Waals surface area (Å²) in [5.41, 5.74) is 1.65. The number of rotatable bonds is 14. The Morgan fingerprint density at radius 1 is 1.05 bits per heavy atom. The van der Waals surface area contributed by atoms with E-state index in [1.165, 1.54) is 0 Å². The number of halogens is 1. The van der Waals surface area contributed by atoms with Crippen molar-refractivity contribution in [3.05, 3.63) is 53.6 Å². The molecule has 2 aromatic rings. The first kappa shape index (κ1) is 31.7. The number of carbonyl (C=O) groups excluding carboxylic acids is 1. The highest BCUT2D eigenvalue weighted by Crippen LogP contribution is 2.30. The third-order valence-corrected chi connectivity index (χ3v) is 6.63. The molecule has 1 aliphatic heterocycles. The van der Waals surface area contributed by atoms with Crippen molar-refractivity contribution in [3.63, 3.8) is 0 Å². The first-order chi connectivity index (χ1) is 18.0. The van der Waals surface area contributed by atoms with Gasteiger partial charge in [0.25, 0.3) is 5.91 Å². The van der Waals surface area contributed by atoms with Crippen LogP contribution in [0.3, 0.4) is 0 Å². The topological polar surface area (TPSA) is 78.5 Å². The number of methoxy groups -OCH3 is 3. The Balaban J connectivity index is 0.00000507. The fourth-order valence-electron chi connectivity index (χ4n) is 4.73.